The summed E-state index contributed by atoms with van der Waals surface area (Å²) in [6.45, 7) is 1.69. The molecule has 76 valence electrons. The van der Waals surface area contributed by atoms with Gasteiger partial charge in [0.1, 0.15) is 0 Å². The number of ether oxygens (including phenoxy) is 1. The lowest BCUT2D eigenvalue weighted by molar-refractivity contribution is -0.255. The molecule has 0 amide bonds. The van der Waals surface area contributed by atoms with Crippen LogP contribution in [0.4, 0.5) is 0 Å². The molecule has 0 aromatic heterocycles. The van der Waals surface area contributed by atoms with Crippen molar-refractivity contribution < 1.29 is 24.1 Å². The Balaban J connectivity index is 3.63. The standard InChI is InChI=1S/C8H14O5/c1-6(8(10)11-2)4-5-7(9)13-12-3/h6H,4-5H2,1-3H3. The highest BCUT2D eigenvalue weighted by molar-refractivity contribution is 5.73. The molecule has 0 aliphatic carbocycles. The quantitative estimate of drug-likeness (QED) is 0.362. The Morgan fingerprint density at radius 3 is 2.38 bits per heavy atom. The largest absolute Gasteiger partial charge is 0.469 e. The van der Waals surface area contributed by atoms with E-state index in [0.717, 1.165) is 0 Å². The molecular weight excluding hydrogens is 176 g/mol. The van der Waals surface area contributed by atoms with E-state index in [1.54, 1.807) is 6.92 Å². The van der Waals surface area contributed by atoms with Crippen LogP contribution in [0.25, 0.3) is 0 Å². The highest BCUT2D eigenvalue weighted by Gasteiger charge is 2.15. The van der Waals surface area contributed by atoms with Crippen molar-refractivity contribution in [3.8, 4) is 0 Å². The topological polar surface area (TPSA) is 61.8 Å². The third-order valence-electron chi connectivity index (χ3n) is 1.56. The molecule has 13 heavy (non-hydrogen) atoms. The van der Waals surface area contributed by atoms with Crippen molar-refractivity contribution in [1.29, 1.82) is 0 Å². The lowest BCUT2D eigenvalue weighted by atomic mass is 10.1. The first-order valence-corrected chi connectivity index (χ1v) is 3.93. The van der Waals surface area contributed by atoms with Crippen molar-refractivity contribution in [2.24, 2.45) is 5.92 Å². The number of esters is 1. The summed E-state index contributed by atoms with van der Waals surface area (Å²) in [5, 5.41) is 0. The van der Waals surface area contributed by atoms with Crippen LogP contribution in [0.3, 0.4) is 0 Å². The first-order valence-electron chi connectivity index (χ1n) is 3.93. The van der Waals surface area contributed by atoms with Crippen LogP contribution in [0.15, 0.2) is 0 Å². The molecule has 0 fully saturated rings. The Morgan fingerprint density at radius 1 is 1.31 bits per heavy atom. The van der Waals surface area contributed by atoms with Crippen LogP contribution in [-0.2, 0) is 24.1 Å². The number of methoxy groups -OCH3 is 1. The minimum absolute atomic E-state index is 0.143. The second kappa shape index (κ2) is 6.42. The Hall–Kier alpha value is -1.10. The monoisotopic (exact) mass is 190 g/mol. The van der Waals surface area contributed by atoms with Crippen molar-refractivity contribution in [3.05, 3.63) is 0 Å². The van der Waals surface area contributed by atoms with Crippen LogP contribution in [0.1, 0.15) is 19.8 Å². The van der Waals surface area contributed by atoms with Gasteiger partial charge in [-0.3, -0.25) is 9.68 Å². The van der Waals surface area contributed by atoms with Gasteiger partial charge < -0.3 is 4.74 Å². The lowest BCUT2D eigenvalue weighted by Gasteiger charge is -2.06. The summed E-state index contributed by atoms with van der Waals surface area (Å²) in [7, 11) is 2.56. The predicted molar refractivity (Wildman–Crippen MR) is 43.5 cm³/mol. The van der Waals surface area contributed by atoms with E-state index in [2.05, 4.69) is 14.5 Å². The maximum Gasteiger partial charge on any atom is 0.342 e. The molecule has 1 unspecified atom stereocenters. The van der Waals surface area contributed by atoms with E-state index in [4.69, 9.17) is 0 Å². The maximum absolute atomic E-state index is 10.9. The summed E-state index contributed by atoms with van der Waals surface area (Å²) in [6.07, 6.45) is 0.541. The minimum Gasteiger partial charge on any atom is -0.469 e. The summed E-state index contributed by atoms with van der Waals surface area (Å²) in [6, 6.07) is 0. The van der Waals surface area contributed by atoms with E-state index < -0.39 is 5.97 Å². The lowest BCUT2D eigenvalue weighted by Crippen LogP contribution is -2.14. The molecule has 0 spiro atoms. The second-order valence-corrected chi connectivity index (χ2v) is 2.58. The average molecular weight is 190 g/mol. The van der Waals surface area contributed by atoms with Crippen molar-refractivity contribution in [1.82, 2.24) is 0 Å². The Kier molecular flexibility index (Phi) is 5.88. The number of carbonyl (C=O) groups is 2. The molecule has 0 N–H and O–H groups in total. The normalized spacial score (nSPS) is 11.9. The van der Waals surface area contributed by atoms with Crippen molar-refractivity contribution in [3.63, 3.8) is 0 Å². The van der Waals surface area contributed by atoms with E-state index in [9.17, 15) is 9.59 Å². The molecular formula is C8H14O5. The van der Waals surface area contributed by atoms with E-state index in [1.165, 1.54) is 14.2 Å². The molecule has 0 saturated carbocycles. The van der Waals surface area contributed by atoms with Crippen LogP contribution in [0.2, 0.25) is 0 Å². The van der Waals surface area contributed by atoms with Gasteiger partial charge in [0.25, 0.3) is 0 Å². The zero-order chi connectivity index (χ0) is 10.3. The van der Waals surface area contributed by atoms with Crippen molar-refractivity contribution >= 4 is 11.9 Å². The van der Waals surface area contributed by atoms with Gasteiger partial charge in [0.05, 0.1) is 20.1 Å². The van der Waals surface area contributed by atoms with E-state index in [0.29, 0.717) is 6.42 Å². The van der Waals surface area contributed by atoms with Gasteiger partial charge in [0, 0.05) is 6.42 Å². The number of rotatable bonds is 5. The maximum atomic E-state index is 10.9. The molecule has 0 aliphatic heterocycles. The minimum atomic E-state index is -0.488. The van der Waals surface area contributed by atoms with Crippen LogP contribution >= 0.6 is 0 Å². The van der Waals surface area contributed by atoms with Gasteiger partial charge in [-0.15, -0.1) is 0 Å². The third kappa shape index (κ3) is 5.19. The summed E-state index contributed by atoms with van der Waals surface area (Å²) in [4.78, 5) is 30.0. The SMILES string of the molecule is COOC(=O)CCC(C)C(=O)OC. The van der Waals surface area contributed by atoms with Crippen molar-refractivity contribution in [2.75, 3.05) is 14.2 Å². The molecule has 5 heteroatoms. The second-order valence-electron chi connectivity index (χ2n) is 2.58. The summed E-state index contributed by atoms with van der Waals surface area (Å²) in [5.41, 5.74) is 0. The summed E-state index contributed by atoms with van der Waals surface area (Å²) in [5.74, 6) is -1.11. The van der Waals surface area contributed by atoms with Gasteiger partial charge in [0.2, 0.25) is 0 Å². The van der Waals surface area contributed by atoms with Gasteiger partial charge >= 0.3 is 11.9 Å². The summed E-state index contributed by atoms with van der Waals surface area (Å²) >= 11 is 0. The zero-order valence-electron chi connectivity index (χ0n) is 8.03. The molecule has 0 rings (SSSR count). The van der Waals surface area contributed by atoms with Crippen molar-refractivity contribution in [2.45, 2.75) is 19.8 Å². The van der Waals surface area contributed by atoms with Gasteiger partial charge in [-0.1, -0.05) is 6.92 Å². The molecule has 1 atom stereocenters. The first-order chi connectivity index (χ1) is 6.11. The Labute approximate surface area is 76.9 Å². The summed E-state index contributed by atoms with van der Waals surface area (Å²) < 4.78 is 4.48. The molecule has 0 bridgehead atoms. The molecule has 0 aromatic rings. The first kappa shape index (κ1) is 11.9. The highest BCUT2D eigenvalue weighted by atomic mass is 17.2. The van der Waals surface area contributed by atoms with Crippen LogP contribution < -0.4 is 0 Å². The van der Waals surface area contributed by atoms with E-state index in [1.807, 2.05) is 0 Å². The highest BCUT2D eigenvalue weighted by Crippen LogP contribution is 2.07. The molecule has 0 aromatic carbocycles. The Morgan fingerprint density at radius 2 is 1.92 bits per heavy atom. The molecule has 0 aliphatic rings. The Bertz CT molecular complexity index is 177. The van der Waals surface area contributed by atoms with Gasteiger partial charge in [-0.2, -0.15) is 4.89 Å². The van der Waals surface area contributed by atoms with Gasteiger partial charge in [0.15, 0.2) is 0 Å². The smallest absolute Gasteiger partial charge is 0.342 e. The zero-order valence-corrected chi connectivity index (χ0v) is 8.03. The number of carbonyl (C=O) groups excluding carboxylic acids is 2. The molecule has 0 heterocycles. The van der Waals surface area contributed by atoms with Crippen LogP contribution in [0, 0.1) is 5.92 Å². The van der Waals surface area contributed by atoms with Crippen LogP contribution in [-0.4, -0.2) is 26.2 Å². The fourth-order valence-electron chi connectivity index (χ4n) is 0.788. The average Bonchev–Trinajstić information content (AvgIpc) is 2.13. The van der Waals surface area contributed by atoms with Gasteiger partial charge in [-0.05, 0) is 6.42 Å². The number of hydrogen-bond acceptors (Lipinski definition) is 5. The number of hydrogen-bond donors (Lipinski definition) is 0. The fourth-order valence-corrected chi connectivity index (χ4v) is 0.788. The van der Waals surface area contributed by atoms with E-state index in [-0.39, 0.29) is 18.3 Å². The van der Waals surface area contributed by atoms with Gasteiger partial charge in [-0.25, -0.2) is 4.79 Å². The molecule has 0 radical (unpaired) electrons. The fraction of sp³-hybridized carbons (Fsp3) is 0.750. The third-order valence-corrected chi connectivity index (χ3v) is 1.56. The predicted octanol–water partition coefficient (Wildman–Crippen LogP) is 0.680. The van der Waals surface area contributed by atoms with Crippen LogP contribution in [0.5, 0.6) is 0 Å². The van der Waals surface area contributed by atoms with E-state index >= 15 is 0 Å². The molecule has 5 nitrogen and oxygen atoms in total. The molecule has 0 saturated heterocycles.